The van der Waals surface area contributed by atoms with E-state index in [4.69, 9.17) is 13.3 Å². The van der Waals surface area contributed by atoms with E-state index in [1.165, 1.54) is 38.9 Å². The van der Waals surface area contributed by atoms with Gasteiger partial charge in [0.05, 0.1) is 33.6 Å². The zero-order valence-electron chi connectivity index (χ0n) is 47.7. The highest BCUT2D eigenvalue weighted by Gasteiger charge is 2.54. The third kappa shape index (κ3) is 6.88. The second kappa shape index (κ2) is 17.6. The molecule has 0 fully saturated rings. The molecular formula is C78H60N2O3. The van der Waals surface area contributed by atoms with Gasteiger partial charge in [-0.05, 0) is 140 Å². The highest BCUT2D eigenvalue weighted by molar-refractivity contribution is 6.24. The Morgan fingerprint density at radius 2 is 0.843 bits per heavy atom. The summed E-state index contributed by atoms with van der Waals surface area (Å²) in [5.41, 5.74) is 22.2. The first-order valence-corrected chi connectivity index (χ1v) is 28.9. The van der Waals surface area contributed by atoms with Crippen LogP contribution in [0.4, 0.5) is 34.1 Å². The van der Waals surface area contributed by atoms with E-state index < -0.39 is 5.41 Å². The van der Waals surface area contributed by atoms with Crippen molar-refractivity contribution in [2.75, 3.05) is 9.80 Å². The maximum atomic E-state index is 7.58. The molecule has 3 aromatic heterocycles. The van der Waals surface area contributed by atoms with Crippen LogP contribution in [0, 0.1) is 6.92 Å². The molecule has 0 radical (unpaired) electrons. The van der Waals surface area contributed by atoms with Crippen LogP contribution < -0.4 is 9.80 Å². The molecule has 0 saturated heterocycles. The zero-order chi connectivity index (χ0) is 56.3. The van der Waals surface area contributed by atoms with E-state index >= 15 is 0 Å². The molecule has 0 unspecified atom stereocenters. The van der Waals surface area contributed by atoms with Crippen LogP contribution in [0.1, 0.15) is 86.2 Å². The average molecular weight is 1070 g/mol. The normalized spacial score (nSPS) is 13.4. The van der Waals surface area contributed by atoms with E-state index in [9.17, 15) is 0 Å². The van der Waals surface area contributed by atoms with Crippen LogP contribution in [0.2, 0.25) is 0 Å². The lowest BCUT2D eigenvalue weighted by Gasteiger charge is -2.34. The number of rotatable bonds is 7. The molecule has 83 heavy (non-hydrogen) atoms. The zero-order valence-corrected chi connectivity index (χ0v) is 47.7. The van der Waals surface area contributed by atoms with Crippen molar-refractivity contribution in [1.29, 1.82) is 0 Å². The number of hydrogen-bond donors (Lipinski definition) is 0. The molecule has 5 heteroatoms. The smallest absolute Gasteiger partial charge is 0.159 e. The van der Waals surface area contributed by atoms with Gasteiger partial charge in [0, 0.05) is 49.4 Å². The lowest BCUT2D eigenvalue weighted by Crippen LogP contribution is -2.26. The maximum Gasteiger partial charge on any atom is 0.159 e. The van der Waals surface area contributed by atoms with E-state index in [1.807, 2.05) is 6.08 Å². The number of benzene rings is 11. The summed E-state index contributed by atoms with van der Waals surface area (Å²) in [6, 6.07) is 80.6. The molecule has 2 aliphatic rings. The Morgan fingerprint density at radius 1 is 0.386 bits per heavy atom. The van der Waals surface area contributed by atoms with Gasteiger partial charge in [-0.15, -0.1) is 0 Å². The molecule has 0 amide bonds. The number of fused-ring (bicyclic) bond motifs is 20. The number of furan rings is 3. The second-order valence-electron chi connectivity index (χ2n) is 24.8. The summed E-state index contributed by atoms with van der Waals surface area (Å²) in [5.74, 6) is 0.760. The van der Waals surface area contributed by atoms with Gasteiger partial charge in [-0.25, -0.2) is 0 Å². The summed E-state index contributed by atoms with van der Waals surface area (Å²) in [5, 5.41) is 7.49. The summed E-state index contributed by atoms with van der Waals surface area (Å²) in [7, 11) is 0. The minimum Gasteiger partial charge on any atom is -0.455 e. The third-order valence-corrected chi connectivity index (χ3v) is 18.2. The Kier molecular flexibility index (Phi) is 10.4. The van der Waals surface area contributed by atoms with E-state index in [1.54, 1.807) is 0 Å². The van der Waals surface area contributed by atoms with Crippen LogP contribution in [0.25, 0.3) is 93.9 Å². The molecule has 3 heterocycles. The van der Waals surface area contributed by atoms with Crippen LogP contribution in [-0.4, -0.2) is 0 Å². The summed E-state index contributed by atoms with van der Waals surface area (Å²) in [6.07, 6.45) is 1.83. The molecule has 5 nitrogen and oxygen atoms in total. The van der Waals surface area contributed by atoms with Crippen LogP contribution in [-0.2, 0) is 16.2 Å². The number of hydrogen-bond acceptors (Lipinski definition) is 5. The van der Waals surface area contributed by atoms with Crippen molar-refractivity contribution in [3.8, 4) is 22.3 Å². The first-order chi connectivity index (χ1) is 40.3. The molecule has 16 rings (SSSR count). The molecule has 1 spiro atoms. The van der Waals surface area contributed by atoms with Crippen molar-refractivity contribution in [1.82, 2.24) is 0 Å². The van der Waals surface area contributed by atoms with E-state index in [2.05, 4.69) is 283 Å². The molecule has 2 aliphatic carbocycles. The summed E-state index contributed by atoms with van der Waals surface area (Å²) >= 11 is 0. The number of nitrogens with zero attached hydrogens (tertiary/aromatic N) is 2. The van der Waals surface area contributed by atoms with Crippen LogP contribution in [0.5, 0.6) is 0 Å². The predicted octanol–water partition coefficient (Wildman–Crippen LogP) is 22.2. The Morgan fingerprint density at radius 3 is 1.45 bits per heavy atom. The summed E-state index contributed by atoms with van der Waals surface area (Å²) < 4.78 is 21.5. The molecule has 14 aromatic rings. The van der Waals surface area contributed by atoms with Gasteiger partial charge >= 0.3 is 0 Å². The Hall–Kier alpha value is -9.84. The Balaban J connectivity index is 1.08. The van der Waals surface area contributed by atoms with Gasteiger partial charge < -0.3 is 23.1 Å². The predicted molar refractivity (Wildman–Crippen MR) is 346 cm³/mol. The topological polar surface area (TPSA) is 45.9 Å². The third-order valence-electron chi connectivity index (χ3n) is 18.2. The van der Waals surface area contributed by atoms with E-state index in [-0.39, 0.29) is 10.8 Å². The van der Waals surface area contributed by atoms with Crippen molar-refractivity contribution in [2.24, 2.45) is 0 Å². The fraction of sp³-hybridized carbons (Fsp3) is 0.128. The maximum absolute atomic E-state index is 7.58. The largest absolute Gasteiger partial charge is 0.455 e. The molecule has 0 bridgehead atoms. The fourth-order valence-corrected chi connectivity index (χ4v) is 14.2. The Labute approximate surface area is 483 Å². The van der Waals surface area contributed by atoms with Gasteiger partial charge in [0.25, 0.3) is 0 Å². The van der Waals surface area contributed by atoms with Crippen LogP contribution in [0.3, 0.4) is 0 Å². The highest BCUT2D eigenvalue weighted by atomic mass is 16.3. The molecular weight excluding hydrogens is 1010 g/mol. The number of aryl methyl sites for hydroxylation is 1. The molecule has 0 atom stereocenters. The first kappa shape index (κ1) is 49.0. The van der Waals surface area contributed by atoms with Gasteiger partial charge in [0.2, 0.25) is 0 Å². The number of para-hydroxylation sites is 4. The van der Waals surface area contributed by atoms with Gasteiger partial charge in [0.15, 0.2) is 11.2 Å². The van der Waals surface area contributed by atoms with Crippen molar-refractivity contribution in [2.45, 2.75) is 64.7 Å². The minimum atomic E-state index is -0.837. The summed E-state index contributed by atoms with van der Waals surface area (Å²) in [6.45, 7) is 20.0. The first-order valence-electron chi connectivity index (χ1n) is 28.9. The van der Waals surface area contributed by atoms with Gasteiger partial charge in [-0.1, -0.05) is 206 Å². The van der Waals surface area contributed by atoms with Gasteiger partial charge in [0.1, 0.15) is 22.5 Å². The monoisotopic (exact) mass is 1070 g/mol. The fourth-order valence-electron chi connectivity index (χ4n) is 14.2. The molecule has 400 valence electrons. The van der Waals surface area contributed by atoms with Crippen molar-refractivity contribution >= 4 is 106 Å². The molecule has 0 aliphatic heterocycles. The SMILES string of the molecule is C=Cc1oc2c(N(c3ccc(C(C)(C)C)cc3)c3cc4c(c5oc6ccccc6c35)-c3c(cc(N(c5ccc(C(C)(C)C)cc5)c5cccc6c5oc5ccccc56)c5ccccc35)C43c4ccccc4-c4ccccc43)cccc2c1C. The highest BCUT2D eigenvalue weighted by Crippen LogP contribution is 2.68. The average Bonchev–Trinajstić information content (AvgIpc) is 1.54. The van der Waals surface area contributed by atoms with E-state index in [0.29, 0.717) is 0 Å². The second-order valence-corrected chi connectivity index (χ2v) is 24.8. The quantitative estimate of drug-likeness (QED) is 0.159. The molecule has 11 aromatic carbocycles. The lowest BCUT2D eigenvalue weighted by atomic mass is 9.70. The van der Waals surface area contributed by atoms with Crippen molar-refractivity contribution in [3.63, 3.8) is 0 Å². The van der Waals surface area contributed by atoms with Crippen LogP contribution >= 0.6 is 0 Å². The van der Waals surface area contributed by atoms with Crippen molar-refractivity contribution in [3.05, 3.63) is 270 Å². The standard InChI is InChI=1S/C78H60N2O3/c1-9-67-46(2)51-28-20-32-63(73(51)81-67)80(50-42-38-48(39-43-50)77(6,7)8)66-45-62-72(75-71(66)58-27-15-19-35-69(58)83-75)70-56-26-11-10-24-54(56)65(44-61(70)78(62)59-30-16-12-22-52(59)53-23-13-17-31-60(53)78)79(49-40-36-47(37-41-49)76(3,4)5)64-33-21-29-57-55-25-14-18-34-68(55)82-74(57)64/h9-45H,1H2,2-8H3. The molecule has 0 saturated carbocycles. The summed E-state index contributed by atoms with van der Waals surface area (Å²) in [4.78, 5) is 4.89. The van der Waals surface area contributed by atoms with Crippen molar-refractivity contribution < 1.29 is 13.3 Å². The van der Waals surface area contributed by atoms with Crippen LogP contribution in [0.15, 0.2) is 238 Å². The van der Waals surface area contributed by atoms with E-state index in [0.717, 1.165) is 128 Å². The molecule has 0 N–H and O–H groups in total. The minimum absolute atomic E-state index is 0.0476. The lowest BCUT2D eigenvalue weighted by molar-refractivity contribution is 0.590. The van der Waals surface area contributed by atoms with Gasteiger partial charge in [-0.3, -0.25) is 0 Å². The number of anilines is 6. The van der Waals surface area contributed by atoms with Gasteiger partial charge in [-0.2, -0.15) is 0 Å². The Bertz CT molecular complexity index is 4990.